The lowest BCUT2D eigenvalue weighted by molar-refractivity contribution is 0.0951. The van der Waals surface area contributed by atoms with E-state index in [2.05, 4.69) is 43.3 Å². The summed E-state index contributed by atoms with van der Waals surface area (Å²) in [4.78, 5) is 30.2. The van der Waals surface area contributed by atoms with Gasteiger partial charge >= 0.3 is 0 Å². The minimum absolute atomic E-state index is 0.101. The highest BCUT2D eigenvalue weighted by Gasteiger charge is 2.22. The number of anilines is 2. The van der Waals surface area contributed by atoms with Crippen molar-refractivity contribution in [3.8, 4) is 0 Å². The Hall–Kier alpha value is -2.38. The summed E-state index contributed by atoms with van der Waals surface area (Å²) in [6.07, 6.45) is 3.12. The molecule has 32 heavy (non-hydrogen) atoms. The van der Waals surface area contributed by atoms with Crippen LogP contribution in [-0.4, -0.2) is 57.0 Å². The Kier molecular flexibility index (Phi) is 8.70. The Labute approximate surface area is 199 Å². The zero-order valence-electron chi connectivity index (χ0n) is 19.2. The van der Waals surface area contributed by atoms with Gasteiger partial charge < -0.3 is 20.4 Å². The first-order valence-corrected chi connectivity index (χ1v) is 12.0. The first-order chi connectivity index (χ1) is 15.3. The van der Waals surface area contributed by atoms with Gasteiger partial charge in [0, 0.05) is 41.0 Å². The van der Waals surface area contributed by atoms with Crippen molar-refractivity contribution in [3.63, 3.8) is 0 Å². The molecule has 0 aliphatic carbocycles. The number of hydrogen-bond acceptors (Lipinski definition) is 4. The molecular formula is C25H33BrN4O2. The molecule has 0 bridgehead atoms. The molecular weight excluding hydrogens is 468 g/mol. The van der Waals surface area contributed by atoms with E-state index >= 15 is 0 Å². The average Bonchev–Trinajstić information content (AvgIpc) is 2.77. The van der Waals surface area contributed by atoms with Crippen LogP contribution in [0.25, 0.3) is 0 Å². The molecule has 0 spiro atoms. The number of amides is 2. The first kappa shape index (κ1) is 24.3. The minimum Gasteiger partial charge on any atom is -0.371 e. The molecule has 0 saturated carbocycles. The summed E-state index contributed by atoms with van der Waals surface area (Å²) in [6, 6.07) is 12.9. The standard InChI is InChI=1S/C25H33BrN4O2/c1-18-10-14-30(15-11-18)23-9-8-21(28-24(31)19-6-4-7-20(26)16-19)17-22(23)25(32)27-12-5-13-29(2)3/h4,6-9,16-18H,5,10-15H2,1-3H3,(H,27,32)(H,28,31). The Morgan fingerprint density at radius 1 is 1.09 bits per heavy atom. The lowest BCUT2D eigenvalue weighted by Gasteiger charge is -2.33. The summed E-state index contributed by atoms with van der Waals surface area (Å²) in [5.74, 6) is 0.400. The van der Waals surface area contributed by atoms with Crippen LogP contribution in [0.15, 0.2) is 46.9 Å². The highest BCUT2D eigenvalue weighted by atomic mass is 79.9. The van der Waals surface area contributed by atoms with E-state index in [1.165, 1.54) is 0 Å². The smallest absolute Gasteiger partial charge is 0.255 e. The van der Waals surface area contributed by atoms with Crippen molar-refractivity contribution in [1.82, 2.24) is 10.2 Å². The zero-order valence-corrected chi connectivity index (χ0v) is 20.7. The largest absolute Gasteiger partial charge is 0.371 e. The van der Waals surface area contributed by atoms with Crippen LogP contribution in [0.4, 0.5) is 11.4 Å². The predicted molar refractivity (Wildman–Crippen MR) is 135 cm³/mol. The second-order valence-electron chi connectivity index (χ2n) is 8.78. The monoisotopic (exact) mass is 500 g/mol. The summed E-state index contributed by atoms with van der Waals surface area (Å²) in [5.41, 5.74) is 2.71. The Bertz CT molecular complexity index is 939. The first-order valence-electron chi connectivity index (χ1n) is 11.2. The molecule has 172 valence electrons. The van der Waals surface area contributed by atoms with Gasteiger partial charge in [-0.15, -0.1) is 0 Å². The molecule has 1 aliphatic rings. The summed E-state index contributed by atoms with van der Waals surface area (Å²) in [6.45, 7) is 5.68. The van der Waals surface area contributed by atoms with E-state index in [1.54, 1.807) is 18.2 Å². The molecule has 2 amide bonds. The lowest BCUT2D eigenvalue weighted by Crippen LogP contribution is -2.35. The quantitative estimate of drug-likeness (QED) is 0.519. The van der Waals surface area contributed by atoms with Gasteiger partial charge in [0.25, 0.3) is 11.8 Å². The number of nitrogens with zero attached hydrogens (tertiary/aromatic N) is 2. The number of rotatable bonds is 8. The summed E-state index contributed by atoms with van der Waals surface area (Å²) < 4.78 is 0.845. The molecule has 0 unspecified atom stereocenters. The van der Waals surface area contributed by atoms with Gasteiger partial charge in [-0.1, -0.05) is 28.9 Å². The van der Waals surface area contributed by atoms with Gasteiger partial charge in [-0.3, -0.25) is 9.59 Å². The molecule has 0 radical (unpaired) electrons. The molecule has 0 atom stereocenters. The van der Waals surface area contributed by atoms with Crippen LogP contribution in [0.5, 0.6) is 0 Å². The van der Waals surface area contributed by atoms with Crippen LogP contribution in [0.3, 0.4) is 0 Å². The van der Waals surface area contributed by atoms with Gasteiger partial charge in [-0.2, -0.15) is 0 Å². The normalized spacial score (nSPS) is 14.5. The molecule has 1 saturated heterocycles. The van der Waals surface area contributed by atoms with Gasteiger partial charge in [0.1, 0.15) is 0 Å². The SMILES string of the molecule is CC1CCN(c2ccc(NC(=O)c3cccc(Br)c3)cc2C(=O)NCCCN(C)C)CC1. The highest BCUT2D eigenvalue weighted by molar-refractivity contribution is 9.10. The van der Waals surface area contributed by atoms with Crippen molar-refractivity contribution in [1.29, 1.82) is 0 Å². The molecule has 1 aliphatic heterocycles. The van der Waals surface area contributed by atoms with Gasteiger partial charge in [0.15, 0.2) is 0 Å². The van der Waals surface area contributed by atoms with Gasteiger partial charge in [0.05, 0.1) is 5.56 Å². The third-order valence-corrected chi connectivity index (χ3v) is 6.27. The second kappa shape index (κ2) is 11.5. The van der Waals surface area contributed by atoms with Crippen molar-refractivity contribution < 1.29 is 9.59 Å². The number of halogens is 1. The minimum atomic E-state index is -0.205. The Balaban J connectivity index is 1.79. The maximum absolute atomic E-state index is 13.1. The maximum Gasteiger partial charge on any atom is 0.255 e. The van der Waals surface area contributed by atoms with E-state index in [0.29, 0.717) is 29.3 Å². The van der Waals surface area contributed by atoms with Crippen LogP contribution in [0.1, 0.15) is 46.9 Å². The fraction of sp³-hybridized carbons (Fsp3) is 0.440. The van der Waals surface area contributed by atoms with E-state index < -0.39 is 0 Å². The van der Waals surface area contributed by atoms with Gasteiger partial charge in [-0.25, -0.2) is 0 Å². The van der Waals surface area contributed by atoms with E-state index in [-0.39, 0.29) is 11.8 Å². The van der Waals surface area contributed by atoms with Crippen LogP contribution < -0.4 is 15.5 Å². The third-order valence-electron chi connectivity index (χ3n) is 5.78. The van der Waals surface area contributed by atoms with E-state index in [4.69, 9.17) is 0 Å². The van der Waals surface area contributed by atoms with Crippen molar-refractivity contribution >= 4 is 39.1 Å². The molecule has 1 heterocycles. The zero-order chi connectivity index (χ0) is 23.1. The fourth-order valence-corrected chi connectivity index (χ4v) is 4.25. The van der Waals surface area contributed by atoms with Crippen molar-refractivity contribution in [2.75, 3.05) is 50.5 Å². The number of piperidine rings is 1. The third kappa shape index (κ3) is 6.81. The van der Waals surface area contributed by atoms with Crippen LogP contribution in [0.2, 0.25) is 0 Å². The van der Waals surface area contributed by atoms with Crippen molar-refractivity contribution in [2.45, 2.75) is 26.2 Å². The molecule has 0 aromatic heterocycles. The second-order valence-corrected chi connectivity index (χ2v) is 9.69. The van der Waals surface area contributed by atoms with E-state index in [9.17, 15) is 9.59 Å². The summed E-state index contributed by atoms with van der Waals surface area (Å²) in [7, 11) is 4.05. The number of hydrogen-bond donors (Lipinski definition) is 2. The Morgan fingerprint density at radius 2 is 1.84 bits per heavy atom. The predicted octanol–water partition coefficient (Wildman–Crippen LogP) is 4.62. The molecule has 6 nitrogen and oxygen atoms in total. The number of nitrogens with one attached hydrogen (secondary N) is 2. The summed E-state index contributed by atoms with van der Waals surface area (Å²) >= 11 is 3.40. The van der Waals surface area contributed by atoms with Gasteiger partial charge in [-0.05, 0) is 82.2 Å². The molecule has 3 rings (SSSR count). The lowest BCUT2D eigenvalue weighted by atomic mass is 9.97. The Morgan fingerprint density at radius 3 is 2.53 bits per heavy atom. The molecule has 2 aromatic rings. The molecule has 7 heteroatoms. The maximum atomic E-state index is 13.1. The van der Waals surface area contributed by atoms with E-state index in [1.807, 2.05) is 38.4 Å². The number of carbonyl (C=O) groups is 2. The molecule has 2 N–H and O–H groups in total. The average molecular weight is 501 g/mol. The summed E-state index contributed by atoms with van der Waals surface area (Å²) in [5, 5.41) is 5.99. The molecule has 2 aromatic carbocycles. The highest BCUT2D eigenvalue weighted by Crippen LogP contribution is 2.29. The van der Waals surface area contributed by atoms with Crippen LogP contribution in [-0.2, 0) is 0 Å². The number of carbonyl (C=O) groups excluding carboxylic acids is 2. The topological polar surface area (TPSA) is 64.7 Å². The van der Waals surface area contributed by atoms with Crippen LogP contribution in [0, 0.1) is 5.92 Å². The van der Waals surface area contributed by atoms with E-state index in [0.717, 1.165) is 49.1 Å². The van der Waals surface area contributed by atoms with Crippen molar-refractivity contribution in [3.05, 3.63) is 58.1 Å². The van der Waals surface area contributed by atoms with Gasteiger partial charge in [0.2, 0.25) is 0 Å². The molecule has 1 fully saturated rings. The van der Waals surface area contributed by atoms with Crippen LogP contribution >= 0.6 is 15.9 Å². The number of benzene rings is 2. The van der Waals surface area contributed by atoms with Crippen molar-refractivity contribution in [2.24, 2.45) is 5.92 Å². The fourth-order valence-electron chi connectivity index (χ4n) is 3.85.